The molecule has 2 saturated heterocycles. The summed E-state index contributed by atoms with van der Waals surface area (Å²) in [4.78, 5) is 32.6. The summed E-state index contributed by atoms with van der Waals surface area (Å²) < 4.78 is 5.49. The molecular formula is C17H27N5O3S. The number of nitrogens with one attached hydrogen (secondary N) is 1. The zero-order valence-corrected chi connectivity index (χ0v) is 15.8. The van der Waals surface area contributed by atoms with E-state index in [9.17, 15) is 9.59 Å². The number of nitrogens with zero attached hydrogens (tertiary/aromatic N) is 3. The molecular weight excluding hydrogens is 354 g/mol. The number of rotatable bonds is 5. The molecule has 9 heteroatoms. The fraction of sp³-hybridized carbons (Fsp3) is 0.706. The first-order valence-electron chi connectivity index (χ1n) is 9.26. The highest BCUT2D eigenvalue weighted by molar-refractivity contribution is 7.13. The standard InChI is InChI=1S/C17H27N5O3S/c18-16-20-13(12-26-16)4-1-6-19-17(24)22-8-3-7-21(9-10-22)15(23)14-5-2-11-25-14/h12,14H,1-11H2,(H2,18,20)(H,19,24)/t14-/m1/s1. The second kappa shape index (κ2) is 9.18. The SMILES string of the molecule is Nc1nc(CCCNC(=O)N2CCCN(C(=O)[C@H]3CCCO3)CC2)cs1. The van der Waals surface area contributed by atoms with E-state index in [2.05, 4.69) is 10.3 Å². The van der Waals surface area contributed by atoms with Crippen LogP contribution >= 0.6 is 11.3 Å². The number of carbonyl (C=O) groups excluding carboxylic acids is 2. The molecule has 2 aliphatic rings. The van der Waals surface area contributed by atoms with Crippen molar-refractivity contribution in [2.45, 2.75) is 38.2 Å². The van der Waals surface area contributed by atoms with Gasteiger partial charge >= 0.3 is 6.03 Å². The van der Waals surface area contributed by atoms with Gasteiger partial charge in [-0.05, 0) is 32.1 Å². The summed E-state index contributed by atoms with van der Waals surface area (Å²) in [6.07, 6.45) is 3.90. The summed E-state index contributed by atoms with van der Waals surface area (Å²) in [6.45, 7) is 3.77. The lowest BCUT2D eigenvalue weighted by atomic mass is 10.2. The summed E-state index contributed by atoms with van der Waals surface area (Å²) >= 11 is 1.44. The normalized spacial score (nSPS) is 20.8. The average molecular weight is 382 g/mol. The molecule has 0 spiro atoms. The van der Waals surface area contributed by atoms with Gasteiger partial charge in [0.1, 0.15) is 6.10 Å². The molecule has 2 aliphatic heterocycles. The number of carbonyl (C=O) groups is 2. The van der Waals surface area contributed by atoms with Crippen LogP contribution in [-0.2, 0) is 16.0 Å². The number of nitrogens with two attached hydrogens (primary N) is 1. The van der Waals surface area contributed by atoms with Gasteiger partial charge in [-0.2, -0.15) is 0 Å². The van der Waals surface area contributed by atoms with Crippen LogP contribution in [0.3, 0.4) is 0 Å². The predicted molar refractivity (Wildman–Crippen MR) is 100.0 cm³/mol. The summed E-state index contributed by atoms with van der Waals surface area (Å²) in [5.41, 5.74) is 6.58. The van der Waals surface area contributed by atoms with Crippen LogP contribution in [-0.4, -0.2) is 72.2 Å². The number of aryl methyl sites for hydroxylation is 1. The topological polar surface area (TPSA) is 101 Å². The van der Waals surface area contributed by atoms with Gasteiger partial charge < -0.3 is 25.6 Å². The number of thiazole rings is 1. The second-order valence-corrected chi connectivity index (χ2v) is 7.57. The van der Waals surface area contributed by atoms with Crippen LogP contribution in [0.25, 0.3) is 0 Å². The first-order valence-corrected chi connectivity index (χ1v) is 10.1. The van der Waals surface area contributed by atoms with E-state index in [4.69, 9.17) is 10.5 Å². The van der Waals surface area contributed by atoms with Crippen LogP contribution in [0.1, 0.15) is 31.4 Å². The molecule has 0 aromatic carbocycles. The van der Waals surface area contributed by atoms with E-state index in [0.29, 0.717) is 44.5 Å². The van der Waals surface area contributed by atoms with Gasteiger partial charge in [0.25, 0.3) is 5.91 Å². The Hall–Kier alpha value is -1.87. The molecule has 0 aliphatic carbocycles. The average Bonchev–Trinajstić information content (AvgIpc) is 3.24. The number of hydrogen-bond acceptors (Lipinski definition) is 6. The van der Waals surface area contributed by atoms with Gasteiger partial charge in [-0.15, -0.1) is 11.3 Å². The van der Waals surface area contributed by atoms with Gasteiger partial charge in [0.15, 0.2) is 5.13 Å². The van der Waals surface area contributed by atoms with Crippen molar-refractivity contribution < 1.29 is 14.3 Å². The molecule has 8 nitrogen and oxygen atoms in total. The predicted octanol–water partition coefficient (Wildman–Crippen LogP) is 1.08. The van der Waals surface area contributed by atoms with Gasteiger partial charge in [0.2, 0.25) is 0 Å². The zero-order valence-electron chi connectivity index (χ0n) is 15.0. The Bertz CT molecular complexity index is 617. The number of ether oxygens (including phenoxy) is 1. The molecule has 3 N–H and O–H groups in total. The van der Waals surface area contributed by atoms with Crippen molar-refractivity contribution in [2.24, 2.45) is 0 Å². The Balaban J connectivity index is 1.37. The fourth-order valence-electron chi connectivity index (χ4n) is 3.33. The first-order chi connectivity index (χ1) is 12.6. The van der Waals surface area contributed by atoms with Crippen LogP contribution in [0.2, 0.25) is 0 Å². The summed E-state index contributed by atoms with van der Waals surface area (Å²) in [5.74, 6) is 0.0762. The first kappa shape index (κ1) is 18.9. The van der Waals surface area contributed by atoms with Gasteiger partial charge in [-0.1, -0.05) is 0 Å². The van der Waals surface area contributed by atoms with E-state index < -0.39 is 0 Å². The molecule has 0 radical (unpaired) electrons. The van der Waals surface area contributed by atoms with Crippen molar-refractivity contribution in [3.8, 4) is 0 Å². The molecule has 3 heterocycles. The zero-order chi connectivity index (χ0) is 18.4. The quantitative estimate of drug-likeness (QED) is 0.744. The van der Waals surface area contributed by atoms with Crippen LogP contribution in [0, 0.1) is 0 Å². The third-order valence-electron chi connectivity index (χ3n) is 4.76. The van der Waals surface area contributed by atoms with Crippen molar-refractivity contribution in [1.29, 1.82) is 0 Å². The number of anilines is 1. The van der Waals surface area contributed by atoms with Crippen LogP contribution in [0.4, 0.5) is 9.93 Å². The lowest BCUT2D eigenvalue weighted by Crippen LogP contribution is -2.44. The van der Waals surface area contributed by atoms with Crippen molar-refractivity contribution in [3.63, 3.8) is 0 Å². The minimum Gasteiger partial charge on any atom is -0.375 e. The van der Waals surface area contributed by atoms with E-state index >= 15 is 0 Å². The van der Waals surface area contributed by atoms with Crippen molar-refractivity contribution in [1.82, 2.24) is 20.1 Å². The summed E-state index contributed by atoms with van der Waals surface area (Å²) in [5, 5.41) is 5.49. The van der Waals surface area contributed by atoms with E-state index in [1.54, 1.807) is 4.90 Å². The molecule has 1 atom stereocenters. The molecule has 1 aromatic rings. The summed E-state index contributed by atoms with van der Waals surface area (Å²) in [7, 11) is 0. The van der Waals surface area contributed by atoms with Crippen molar-refractivity contribution in [2.75, 3.05) is 45.1 Å². The minimum absolute atomic E-state index is 0.0609. The number of urea groups is 1. The Labute approximate surface area is 157 Å². The third kappa shape index (κ3) is 5.07. The fourth-order valence-corrected chi connectivity index (χ4v) is 3.93. The van der Waals surface area contributed by atoms with Crippen LogP contribution in [0.15, 0.2) is 5.38 Å². The molecule has 1 aromatic heterocycles. The third-order valence-corrected chi connectivity index (χ3v) is 5.48. The van der Waals surface area contributed by atoms with Crippen molar-refractivity contribution in [3.05, 3.63) is 11.1 Å². The Morgan fingerprint density at radius 2 is 2.08 bits per heavy atom. The molecule has 0 saturated carbocycles. The molecule has 26 heavy (non-hydrogen) atoms. The molecule has 3 amide bonds. The molecule has 2 fully saturated rings. The van der Waals surface area contributed by atoms with Gasteiger partial charge in [0, 0.05) is 44.7 Å². The van der Waals surface area contributed by atoms with Crippen LogP contribution < -0.4 is 11.1 Å². The largest absolute Gasteiger partial charge is 0.375 e. The van der Waals surface area contributed by atoms with Crippen LogP contribution in [0.5, 0.6) is 0 Å². The van der Waals surface area contributed by atoms with E-state index in [1.165, 1.54) is 11.3 Å². The van der Waals surface area contributed by atoms with Gasteiger partial charge in [-0.25, -0.2) is 9.78 Å². The molecule has 144 valence electrons. The lowest BCUT2D eigenvalue weighted by molar-refractivity contribution is -0.140. The van der Waals surface area contributed by atoms with Gasteiger partial charge in [-0.3, -0.25) is 4.79 Å². The minimum atomic E-state index is -0.282. The highest BCUT2D eigenvalue weighted by Crippen LogP contribution is 2.16. The number of hydrogen-bond donors (Lipinski definition) is 2. The maximum atomic E-state index is 12.4. The molecule has 0 bridgehead atoms. The smallest absolute Gasteiger partial charge is 0.317 e. The molecule has 3 rings (SSSR count). The Morgan fingerprint density at radius 1 is 1.27 bits per heavy atom. The number of nitrogen functional groups attached to an aromatic ring is 1. The van der Waals surface area contributed by atoms with Crippen molar-refractivity contribution >= 4 is 28.4 Å². The summed E-state index contributed by atoms with van der Waals surface area (Å²) in [6, 6.07) is -0.0609. The number of aromatic nitrogens is 1. The van der Waals surface area contributed by atoms with E-state index in [0.717, 1.165) is 37.8 Å². The highest BCUT2D eigenvalue weighted by Gasteiger charge is 2.30. The Kier molecular flexibility index (Phi) is 6.67. The van der Waals surface area contributed by atoms with Gasteiger partial charge in [0.05, 0.1) is 5.69 Å². The monoisotopic (exact) mass is 381 g/mol. The van der Waals surface area contributed by atoms with E-state index in [-0.39, 0.29) is 18.0 Å². The Morgan fingerprint density at radius 3 is 2.81 bits per heavy atom. The van der Waals surface area contributed by atoms with E-state index in [1.807, 2.05) is 10.3 Å². The molecule has 0 unspecified atom stereocenters. The highest BCUT2D eigenvalue weighted by atomic mass is 32.1. The second-order valence-electron chi connectivity index (χ2n) is 6.68. The maximum Gasteiger partial charge on any atom is 0.317 e. The lowest BCUT2D eigenvalue weighted by Gasteiger charge is -2.24. The number of amides is 3. The maximum absolute atomic E-state index is 12.4.